The molecule has 22 heavy (non-hydrogen) atoms. The summed E-state index contributed by atoms with van der Waals surface area (Å²) in [5, 5.41) is 2.11. The maximum Gasteiger partial charge on any atom is 0.174 e. The van der Waals surface area contributed by atoms with Crippen LogP contribution in [0.25, 0.3) is 10.8 Å². The van der Waals surface area contributed by atoms with Gasteiger partial charge in [-0.2, -0.15) is 0 Å². The van der Waals surface area contributed by atoms with Crippen LogP contribution < -0.4 is 4.74 Å². The van der Waals surface area contributed by atoms with Crippen LogP contribution in [0.3, 0.4) is 0 Å². The van der Waals surface area contributed by atoms with Crippen molar-refractivity contribution in [2.24, 2.45) is 0 Å². The van der Waals surface area contributed by atoms with Gasteiger partial charge in [0.2, 0.25) is 0 Å². The van der Waals surface area contributed by atoms with Crippen LogP contribution in [0.2, 0.25) is 0 Å². The Kier molecular flexibility index (Phi) is 6.49. The van der Waals surface area contributed by atoms with E-state index in [0.717, 1.165) is 11.1 Å². The molecule has 0 saturated carbocycles. The van der Waals surface area contributed by atoms with Crippen molar-refractivity contribution in [2.75, 3.05) is 20.3 Å². The highest BCUT2D eigenvalue weighted by Gasteiger charge is 2.20. The fraction of sp³-hybridized carbons (Fsp3) is 0.444. The lowest BCUT2D eigenvalue weighted by atomic mass is 10.0. The van der Waals surface area contributed by atoms with Crippen LogP contribution in [0.4, 0.5) is 0 Å². The van der Waals surface area contributed by atoms with Gasteiger partial charge in [0, 0.05) is 13.2 Å². The van der Waals surface area contributed by atoms with E-state index in [1.54, 1.807) is 7.11 Å². The fourth-order valence-corrected chi connectivity index (χ4v) is 2.76. The number of hydrogen-bond donors (Lipinski definition) is 0. The number of halogens is 1. The first kappa shape index (κ1) is 17.1. The maximum absolute atomic E-state index is 6.47. The summed E-state index contributed by atoms with van der Waals surface area (Å²) in [6.45, 7) is 5.06. The van der Waals surface area contributed by atoms with Crippen LogP contribution in [0.1, 0.15) is 19.4 Å². The lowest BCUT2D eigenvalue weighted by Crippen LogP contribution is -2.29. The number of methoxy groups -OCH3 is 1. The van der Waals surface area contributed by atoms with Gasteiger partial charge in [-0.05, 0) is 48.7 Å². The standard InChI is InChI=1S/C18H23ClO3/c1-4-21-18(22-5-2)17(19)11-13-6-7-15-12-16(20-3)9-8-14(15)10-13/h6-10,12,17-18H,4-5,11H2,1-3H3/t17-/m0/s1. The first-order chi connectivity index (χ1) is 10.7. The summed E-state index contributed by atoms with van der Waals surface area (Å²) in [4.78, 5) is 0. The molecule has 2 aromatic carbocycles. The summed E-state index contributed by atoms with van der Waals surface area (Å²) in [6, 6.07) is 12.4. The van der Waals surface area contributed by atoms with Crippen molar-refractivity contribution >= 4 is 22.4 Å². The van der Waals surface area contributed by atoms with Crippen molar-refractivity contribution in [3.8, 4) is 5.75 Å². The topological polar surface area (TPSA) is 27.7 Å². The SMILES string of the molecule is CCOC(OCC)[C@@H](Cl)Cc1ccc2cc(OC)ccc2c1. The molecule has 0 saturated heterocycles. The first-order valence-corrected chi connectivity index (χ1v) is 8.05. The van der Waals surface area contributed by atoms with Crippen LogP contribution in [-0.4, -0.2) is 32.0 Å². The molecule has 1 atom stereocenters. The Morgan fingerprint density at radius 1 is 0.955 bits per heavy atom. The zero-order valence-corrected chi connectivity index (χ0v) is 14.1. The van der Waals surface area contributed by atoms with Gasteiger partial charge in [0.15, 0.2) is 6.29 Å². The van der Waals surface area contributed by atoms with Gasteiger partial charge < -0.3 is 14.2 Å². The van der Waals surface area contributed by atoms with E-state index in [2.05, 4.69) is 24.3 Å². The molecule has 0 fully saturated rings. The summed E-state index contributed by atoms with van der Waals surface area (Å²) in [5.41, 5.74) is 1.17. The van der Waals surface area contributed by atoms with Crippen LogP contribution in [0.15, 0.2) is 36.4 Å². The monoisotopic (exact) mass is 322 g/mol. The van der Waals surface area contributed by atoms with E-state index in [1.165, 1.54) is 10.9 Å². The zero-order valence-electron chi connectivity index (χ0n) is 13.3. The minimum absolute atomic E-state index is 0.212. The summed E-state index contributed by atoms with van der Waals surface area (Å²) >= 11 is 6.47. The van der Waals surface area contributed by atoms with Gasteiger partial charge >= 0.3 is 0 Å². The third-order valence-electron chi connectivity index (χ3n) is 3.50. The molecule has 120 valence electrons. The second kappa shape index (κ2) is 8.37. The molecule has 0 heterocycles. The molecule has 2 rings (SSSR count). The van der Waals surface area contributed by atoms with Gasteiger partial charge in [0.05, 0.1) is 12.5 Å². The molecule has 0 bridgehead atoms. The molecule has 0 aromatic heterocycles. The lowest BCUT2D eigenvalue weighted by molar-refractivity contribution is -0.136. The highest BCUT2D eigenvalue weighted by atomic mass is 35.5. The molecule has 0 aliphatic carbocycles. The predicted molar refractivity (Wildman–Crippen MR) is 90.9 cm³/mol. The van der Waals surface area contributed by atoms with E-state index >= 15 is 0 Å². The Labute approximate surface area is 137 Å². The van der Waals surface area contributed by atoms with Gasteiger partial charge in [0.25, 0.3) is 0 Å². The van der Waals surface area contributed by atoms with E-state index in [-0.39, 0.29) is 11.7 Å². The second-order valence-corrected chi connectivity index (χ2v) is 5.61. The van der Waals surface area contributed by atoms with Crippen molar-refractivity contribution in [1.29, 1.82) is 0 Å². The molecule has 0 aliphatic rings. The lowest BCUT2D eigenvalue weighted by Gasteiger charge is -2.22. The number of fused-ring (bicyclic) bond motifs is 1. The largest absolute Gasteiger partial charge is 0.497 e. The minimum Gasteiger partial charge on any atom is -0.497 e. The van der Waals surface area contributed by atoms with E-state index in [1.807, 2.05) is 26.0 Å². The molecule has 4 heteroatoms. The average Bonchev–Trinajstić information content (AvgIpc) is 2.54. The van der Waals surface area contributed by atoms with Crippen LogP contribution >= 0.6 is 11.6 Å². The van der Waals surface area contributed by atoms with Gasteiger partial charge in [-0.3, -0.25) is 0 Å². The normalized spacial score (nSPS) is 12.8. The van der Waals surface area contributed by atoms with Crippen molar-refractivity contribution in [2.45, 2.75) is 31.9 Å². The molecule has 0 N–H and O–H groups in total. The summed E-state index contributed by atoms with van der Waals surface area (Å²) in [7, 11) is 1.68. The smallest absolute Gasteiger partial charge is 0.174 e. The highest BCUT2D eigenvalue weighted by molar-refractivity contribution is 6.21. The molecular formula is C18H23ClO3. The van der Waals surface area contributed by atoms with E-state index in [4.69, 9.17) is 25.8 Å². The summed E-state index contributed by atoms with van der Waals surface area (Å²) in [5.74, 6) is 0.864. The quantitative estimate of drug-likeness (QED) is 0.532. The minimum atomic E-state index is -0.372. The second-order valence-electron chi connectivity index (χ2n) is 5.05. The van der Waals surface area contributed by atoms with Crippen LogP contribution in [0, 0.1) is 0 Å². The molecule has 0 radical (unpaired) electrons. The fourth-order valence-electron chi connectivity index (χ4n) is 2.43. The Morgan fingerprint density at radius 3 is 2.23 bits per heavy atom. The van der Waals surface area contributed by atoms with E-state index in [9.17, 15) is 0 Å². The summed E-state index contributed by atoms with van der Waals surface area (Å²) < 4.78 is 16.4. The van der Waals surface area contributed by atoms with Crippen molar-refractivity contribution in [1.82, 2.24) is 0 Å². The molecule has 0 spiro atoms. The van der Waals surface area contributed by atoms with Gasteiger partial charge in [0.1, 0.15) is 5.75 Å². The highest BCUT2D eigenvalue weighted by Crippen LogP contribution is 2.24. The Hall–Kier alpha value is -1.29. The Morgan fingerprint density at radius 2 is 1.59 bits per heavy atom. The number of rotatable bonds is 8. The number of hydrogen-bond acceptors (Lipinski definition) is 3. The Balaban J connectivity index is 2.13. The average molecular weight is 323 g/mol. The molecule has 3 nitrogen and oxygen atoms in total. The van der Waals surface area contributed by atoms with E-state index < -0.39 is 0 Å². The molecular weight excluding hydrogens is 300 g/mol. The van der Waals surface area contributed by atoms with Crippen LogP contribution in [-0.2, 0) is 15.9 Å². The van der Waals surface area contributed by atoms with Gasteiger partial charge in [-0.25, -0.2) is 0 Å². The van der Waals surface area contributed by atoms with Crippen LogP contribution in [0.5, 0.6) is 5.75 Å². The van der Waals surface area contributed by atoms with Crippen molar-refractivity contribution < 1.29 is 14.2 Å². The van der Waals surface area contributed by atoms with Crippen molar-refractivity contribution in [3.05, 3.63) is 42.0 Å². The first-order valence-electron chi connectivity index (χ1n) is 7.61. The Bertz CT molecular complexity index is 594. The number of ether oxygens (including phenoxy) is 3. The zero-order chi connectivity index (χ0) is 15.9. The summed E-state index contributed by atoms with van der Waals surface area (Å²) in [6.07, 6.45) is 0.331. The van der Waals surface area contributed by atoms with Gasteiger partial charge in [-0.15, -0.1) is 11.6 Å². The third kappa shape index (κ3) is 4.35. The third-order valence-corrected chi connectivity index (χ3v) is 3.86. The van der Waals surface area contributed by atoms with Gasteiger partial charge in [-0.1, -0.05) is 24.3 Å². The maximum atomic E-state index is 6.47. The molecule has 2 aromatic rings. The number of benzene rings is 2. The molecule has 0 aliphatic heterocycles. The molecule has 0 unspecified atom stereocenters. The van der Waals surface area contributed by atoms with Crippen molar-refractivity contribution in [3.63, 3.8) is 0 Å². The van der Waals surface area contributed by atoms with E-state index in [0.29, 0.717) is 19.6 Å². The molecule has 0 amide bonds. The number of alkyl halides is 1. The predicted octanol–water partition coefficient (Wildman–Crippen LogP) is 4.40.